The van der Waals surface area contributed by atoms with Crippen LogP contribution in [-0.4, -0.2) is 62.7 Å². The number of nitrogen functional groups attached to an aromatic ring is 1. The highest BCUT2D eigenvalue weighted by molar-refractivity contribution is 7.83. The molecule has 4 rings (SSSR count). The average molecular weight is 593 g/mol. The molecule has 2 saturated heterocycles. The highest BCUT2D eigenvalue weighted by Crippen LogP contribution is 2.63. The zero-order valence-corrected chi connectivity index (χ0v) is 23.1. The molecule has 2 fully saturated rings. The number of phosphoric acid groups is 2. The predicted molar refractivity (Wildman–Crippen MR) is 124 cm³/mol. The van der Waals surface area contributed by atoms with Crippen LogP contribution < -0.4 is 34.0 Å². The van der Waals surface area contributed by atoms with Gasteiger partial charge in [0.2, 0.25) is 0 Å². The molecule has 4 heterocycles. The molecule has 0 bridgehead atoms. The second kappa shape index (κ2) is 11.4. The molecule has 24 heteroatoms. The van der Waals surface area contributed by atoms with Crippen molar-refractivity contribution in [2.75, 3.05) is 12.3 Å². The van der Waals surface area contributed by atoms with Crippen LogP contribution in [0, 0.1) is 0 Å². The molecule has 0 amide bonds. The summed E-state index contributed by atoms with van der Waals surface area (Å²) in [6.07, 6.45) is -0.835. The number of anilines is 1. The minimum atomic E-state index is -5.85. The number of rotatable bonds is 8. The third-order valence-corrected chi connectivity index (χ3v) is 8.47. The van der Waals surface area contributed by atoms with Crippen molar-refractivity contribution in [2.45, 2.75) is 44.2 Å². The van der Waals surface area contributed by atoms with E-state index in [0.29, 0.717) is 11.2 Å². The van der Waals surface area contributed by atoms with Crippen molar-refractivity contribution in [1.82, 2.24) is 38.0 Å². The van der Waals surface area contributed by atoms with Gasteiger partial charge < -0.3 is 69.7 Å². The van der Waals surface area contributed by atoms with E-state index in [1.54, 1.807) is 13.8 Å². The summed E-state index contributed by atoms with van der Waals surface area (Å²) in [5, 5.41) is 0. The summed E-state index contributed by atoms with van der Waals surface area (Å²) in [4.78, 5) is 42.8. The van der Waals surface area contributed by atoms with Crippen LogP contribution >= 0.6 is 23.1 Å². The van der Waals surface area contributed by atoms with Crippen LogP contribution in [0.1, 0.15) is 20.1 Å². The Labute approximate surface area is 211 Å². The van der Waals surface area contributed by atoms with Gasteiger partial charge in [0.25, 0.3) is 15.6 Å². The monoisotopic (exact) mass is 593 g/mol. The number of hydrogen-bond donors (Lipinski definition) is 5. The van der Waals surface area contributed by atoms with Crippen LogP contribution in [0.25, 0.3) is 11.2 Å². The van der Waals surface area contributed by atoms with Gasteiger partial charge in [0.05, 0.1) is 20.4 Å². The van der Waals surface area contributed by atoms with Gasteiger partial charge in [-0.15, -0.1) is 0 Å². The van der Waals surface area contributed by atoms with Crippen LogP contribution in [0.4, 0.5) is 5.82 Å². The Morgan fingerprint density at radius 2 is 1.76 bits per heavy atom. The Bertz CT molecular complexity index is 1240. The van der Waals surface area contributed by atoms with E-state index in [4.69, 9.17) is 36.9 Å². The van der Waals surface area contributed by atoms with E-state index < -0.39 is 60.1 Å². The zero-order valence-electron chi connectivity index (χ0n) is 20.4. The summed E-state index contributed by atoms with van der Waals surface area (Å²) in [7, 11) is -11.4. The number of imidazole rings is 1. The minimum Gasteiger partial charge on any atom is -0.756 e. The van der Waals surface area contributed by atoms with Crippen molar-refractivity contribution in [3.63, 3.8) is 0 Å². The predicted octanol–water partition coefficient (Wildman–Crippen LogP) is 0.210. The van der Waals surface area contributed by atoms with Gasteiger partial charge in [-0.2, -0.15) is 0 Å². The largest absolute Gasteiger partial charge is 0.756 e. The van der Waals surface area contributed by atoms with Gasteiger partial charge in [-0.05, 0) is 13.8 Å². The second-order valence-electron chi connectivity index (χ2n) is 7.63. The lowest BCUT2D eigenvalue weighted by Crippen LogP contribution is -2.32. The first-order valence-electron chi connectivity index (χ1n) is 9.31. The van der Waals surface area contributed by atoms with Crippen molar-refractivity contribution in [2.24, 2.45) is 0 Å². The van der Waals surface area contributed by atoms with E-state index in [1.165, 1.54) is 17.2 Å². The van der Waals surface area contributed by atoms with Crippen molar-refractivity contribution in [1.29, 1.82) is 0 Å². The normalized spacial score (nSPS) is 29.0. The van der Waals surface area contributed by atoms with Crippen LogP contribution in [0.15, 0.2) is 12.7 Å². The van der Waals surface area contributed by atoms with E-state index in [2.05, 4.69) is 23.6 Å². The Balaban J connectivity index is 0.00000228. The van der Waals surface area contributed by atoms with Gasteiger partial charge in [-0.3, -0.25) is 18.0 Å². The molecule has 2 aromatic heterocycles. The smallest absolute Gasteiger partial charge is 0.279 e. The molecule has 3 unspecified atom stereocenters. The maximum absolute atomic E-state index is 12.2. The molecule has 15 N–H and O–H groups in total. The maximum atomic E-state index is 12.2. The third-order valence-electron chi connectivity index (χ3n) is 4.62. The van der Waals surface area contributed by atoms with Gasteiger partial charge in [-0.1, -0.05) is 0 Å². The molecule has 0 spiro atoms. The van der Waals surface area contributed by atoms with Crippen LogP contribution in [-0.2, 0) is 41.1 Å². The lowest BCUT2D eigenvalue weighted by Gasteiger charge is -2.35. The van der Waals surface area contributed by atoms with E-state index in [9.17, 15) is 23.5 Å². The lowest BCUT2D eigenvalue weighted by atomic mass is 10.1. The fourth-order valence-electron chi connectivity index (χ4n) is 3.56. The number of quaternary nitrogens is 3. The van der Waals surface area contributed by atoms with Crippen LogP contribution in [0.3, 0.4) is 0 Å². The average Bonchev–Trinajstić information content (AvgIpc) is 3.28. The molecular weight excluding hydrogens is 564 g/mol. The van der Waals surface area contributed by atoms with Gasteiger partial charge in [0.1, 0.15) is 30.2 Å². The highest BCUT2D eigenvalue weighted by atomic mass is 31.3. The van der Waals surface area contributed by atoms with Crippen molar-refractivity contribution < 1.29 is 55.7 Å². The summed E-state index contributed by atoms with van der Waals surface area (Å²) in [5.74, 6) is -0.921. The number of nitrogens with zero attached hydrogens (tertiary/aromatic N) is 4. The van der Waals surface area contributed by atoms with Gasteiger partial charge in [-0.25, -0.2) is 19.3 Å². The van der Waals surface area contributed by atoms with E-state index >= 15 is 0 Å². The Morgan fingerprint density at radius 3 is 2.38 bits per heavy atom. The molecule has 3 radical (unpaired) electrons. The molecule has 2 aliphatic rings. The number of hydrogen-bond acceptors (Lipinski definition) is 15. The third kappa shape index (κ3) is 7.60. The molecule has 37 heavy (non-hydrogen) atoms. The zero-order chi connectivity index (χ0) is 25.1. The molecule has 20 nitrogen and oxygen atoms in total. The van der Waals surface area contributed by atoms with E-state index in [0.717, 1.165) is 0 Å². The molecule has 0 aliphatic carbocycles. The topological polar surface area (TPSA) is 352 Å². The molecule has 0 aromatic carbocycles. The first kappa shape index (κ1) is 33.7. The Morgan fingerprint density at radius 1 is 1.14 bits per heavy atom. The van der Waals surface area contributed by atoms with Crippen LogP contribution in [0.2, 0.25) is 0 Å². The first-order chi connectivity index (χ1) is 15.6. The number of nitrogens with two attached hydrogens (primary N) is 1. The van der Waals surface area contributed by atoms with Gasteiger partial charge >= 0.3 is 0 Å². The summed E-state index contributed by atoms with van der Waals surface area (Å²) in [6, 6.07) is 0. The fourth-order valence-corrected chi connectivity index (χ4v) is 6.61. The summed E-state index contributed by atoms with van der Waals surface area (Å²) >= 11 is 0. The Hall–Kier alpha value is -1.38. The summed E-state index contributed by atoms with van der Waals surface area (Å²) in [6.45, 7) is 2.65. The SMILES string of the molecule is [B-]P(=O)(OC[C@H]1O[C@@H](n2cnc3c(N)ncnc32)[C@@H]2OC(C)(C)O[C@@H]21)OP(=O)([O-])OP(=O)([O-])O.[NH4+].[NH4+].[NH4+]. The summed E-state index contributed by atoms with van der Waals surface area (Å²) in [5.41, 5.74) is 6.46. The minimum absolute atomic E-state index is 0. The van der Waals surface area contributed by atoms with E-state index in [1.807, 2.05) is 0 Å². The number of ether oxygens (including phenoxy) is 3. The van der Waals surface area contributed by atoms with E-state index in [-0.39, 0.29) is 24.3 Å². The fraction of sp³-hybridized carbons (Fsp3) is 0.615. The maximum Gasteiger partial charge on any atom is 0.279 e. The molecule has 2 aliphatic heterocycles. The quantitative estimate of drug-likeness (QED) is 0.202. The number of aromatic nitrogens is 4. The van der Waals surface area contributed by atoms with Crippen LogP contribution in [0.5, 0.6) is 0 Å². The Kier molecular flexibility index (Phi) is 10.4. The molecule has 7 atom stereocenters. The molecule has 211 valence electrons. The molecule has 0 saturated carbocycles. The molecular formula is C13H29BN8O12P3. The molecule has 2 aromatic rings. The van der Waals surface area contributed by atoms with Crippen molar-refractivity contribution in [3.05, 3.63) is 12.7 Å². The number of fused-ring (bicyclic) bond motifs is 2. The lowest BCUT2D eigenvalue weighted by molar-refractivity contribution is -0.236. The standard InChI is InChI=1S/C13H19BN5O12P3.3H3N/c1-13(2)28-8-6(3-26-32(14,20)30-34(24,25)31-33(21,22)23)27-12(9(8)29-13)19-5-18-7-10(15)16-4-17-11(7)19;;;/h4-6,8-9,12H,3H2,1-2H3,(H,24,25)(H2,15,16,17)(H2,21,22,23);3*1H3/q-1;;;/p+1/t6-,8-,9-,12-,32?;;;/m1.../s1. The second-order valence-corrected chi connectivity index (χ2v) is 12.1. The van der Waals surface area contributed by atoms with Crippen molar-refractivity contribution >= 4 is 47.7 Å². The first-order valence-corrected chi connectivity index (χ1v) is 13.9. The van der Waals surface area contributed by atoms with Crippen molar-refractivity contribution in [3.8, 4) is 0 Å². The van der Waals surface area contributed by atoms with Gasteiger partial charge in [0, 0.05) is 0 Å². The highest BCUT2D eigenvalue weighted by Gasteiger charge is 2.56. The summed E-state index contributed by atoms with van der Waals surface area (Å²) < 4.78 is 65.7. The van der Waals surface area contributed by atoms with Gasteiger partial charge in [0.15, 0.2) is 23.5 Å².